The van der Waals surface area contributed by atoms with Gasteiger partial charge in [0.2, 0.25) is 0 Å². The predicted molar refractivity (Wildman–Crippen MR) is 102 cm³/mol. The first-order valence-corrected chi connectivity index (χ1v) is 8.50. The normalized spacial score (nSPS) is 11.8. The first-order chi connectivity index (χ1) is 12.9. The maximum absolute atomic E-state index is 4.90. The Balaban J connectivity index is 1.95. The van der Waals surface area contributed by atoms with E-state index in [2.05, 4.69) is 39.0 Å². The second kappa shape index (κ2) is 4.89. The van der Waals surface area contributed by atoms with Crippen molar-refractivity contribution >= 4 is 33.1 Å². The summed E-state index contributed by atoms with van der Waals surface area (Å²) in [5.74, 6) is 0. The average Bonchev–Trinajstić information content (AvgIpc) is 3.30. The van der Waals surface area contributed by atoms with Crippen molar-refractivity contribution in [2.24, 2.45) is 0 Å². The topological polar surface area (TPSA) is 47.5 Å². The smallest absolute Gasteiger partial charge is 0.137 e. The number of fused-ring (bicyclic) bond motifs is 8. The van der Waals surface area contributed by atoms with Crippen molar-refractivity contribution in [1.29, 1.82) is 0 Å². The quantitative estimate of drug-likeness (QED) is 0.449. The molecular formula is C21H13N5. The lowest BCUT2D eigenvalue weighted by Crippen LogP contribution is -1.94. The third-order valence-corrected chi connectivity index (χ3v) is 4.86. The molecule has 26 heavy (non-hydrogen) atoms. The van der Waals surface area contributed by atoms with E-state index in [0.29, 0.717) is 0 Å². The van der Waals surface area contributed by atoms with Gasteiger partial charge in [0, 0.05) is 17.1 Å². The molecule has 0 spiro atoms. The molecule has 0 radical (unpaired) electrons. The molecule has 4 heterocycles. The van der Waals surface area contributed by atoms with E-state index >= 15 is 0 Å². The van der Waals surface area contributed by atoms with Crippen LogP contribution in [0.2, 0.25) is 0 Å². The fourth-order valence-corrected chi connectivity index (χ4v) is 3.72. The molecule has 5 nitrogen and oxygen atoms in total. The van der Waals surface area contributed by atoms with Crippen LogP contribution in [-0.4, -0.2) is 24.2 Å². The summed E-state index contributed by atoms with van der Waals surface area (Å²) in [5.41, 5.74) is 6.82. The van der Waals surface area contributed by atoms with Crippen LogP contribution in [0.15, 0.2) is 79.0 Å². The summed E-state index contributed by atoms with van der Waals surface area (Å²) in [4.78, 5) is 4.90. The molecule has 0 saturated heterocycles. The van der Waals surface area contributed by atoms with Gasteiger partial charge < -0.3 is 0 Å². The molecule has 6 aromatic rings. The van der Waals surface area contributed by atoms with Gasteiger partial charge in [0.15, 0.2) is 0 Å². The minimum atomic E-state index is 0.868. The molecule has 0 aliphatic rings. The molecule has 0 aliphatic heterocycles. The number of hydrogen-bond acceptors (Lipinski definition) is 3. The maximum Gasteiger partial charge on any atom is 0.137 e. The summed E-state index contributed by atoms with van der Waals surface area (Å²) < 4.78 is 4.05. The third kappa shape index (κ3) is 1.66. The monoisotopic (exact) mass is 335 g/mol. The van der Waals surface area contributed by atoms with Crippen molar-refractivity contribution in [3.8, 4) is 11.3 Å². The molecule has 4 aromatic heterocycles. The summed E-state index contributed by atoms with van der Waals surface area (Å²) in [6.45, 7) is 0. The molecule has 122 valence electrons. The summed E-state index contributed by atoms with van der Waals surface area (Å²) in [6.07, 6.45) is 2.04. The lowest BCUT2D eigenvalue weighted by Gasteiger charge is -2.05. The Hall–Kier alpha value is -3.73. The molecule has 0 N–H and O–H groups in total. The molecule has 0 amide bonds. The lowest BCUT2D eigenvalue weighted by molar-refractivity contribution is 0.885. The predicted octanol–water partition coefficient (Wildman–Crippen LogP) is 4.35. The van der Waals surface area contributed by atoms with Crippen LogP contribution in [-0.2, 0) is 0 Å². The number of nitrogens with zero attached hydrogens (tertiary/aromatic N) is 5. The van der Waals surface area contributed by atoms with Crippen LogP contribution in [0.4, 0.5) is 0 Å². The zero-order valence-electron chi connectivity index (χ0n) is 13.7. The van der Waals surface area contributed by atoms with Gasteiger partial charge in [0.25, 0.3) is 0 Å². The van der Waals surface area contributed by atoms with Gasteiger partial charge in [-0.25, -0.2) is 9.50 Å². The zero-order valence-corrected chi connectivity index (χ0v) is 13.7. The van der Waals surface area contributed by atoms with Crippen LogP contribution >= 0.6 is 0 Å². The highest BCUT2D eigenvalue weighted by Gasteiger charge is 2.19. The molecule has 0 saturated carbocycles. The Bertz CT molecular complexity index is 1430. The second-order valence-electron chi connectivity index (χ2n) is 6.32. The van der Waals surface area contributed by atoms with Crippen molar-refractivity contribution < 1.29 is 0 Å². The van der Waals surface area contributed by atoms with Gasteiger partial charge in [-0.2, -0.15) is 0 Å². The van der Waals surface area contributed by atoms with Gasteiger partial charge >= 0.3 is 0 Å². The van der Waals surface area contributed by atoms with E-state index in [-0.39, 0.29) is 0 Å². The molecule has 0 bridgehead atoms. The number of rotatable bonds is 1. The van der Waals surface area contributed by atoms with Crippen LogP contribution in [0.25, 0.3) is 44.4 Å². The van der Waals surface area contributed by atoms with Gasteiger partial charge in [0.1, 0.15) is 27.9 Å². The number of aromatic nitrogens is 5. The number of imidazole rings is 1. The van der Waals surface area contributed by atoms with E-state index in [1.807, 2.05) is 59.2 Å². The van der Waals surface area contributed by atoms with Crippen LogP contribution in [0, 0.1) is 0 Å². The van der Waals surface area contributed by atoms with Crippen molar-refractivity contribution in [3.63, 3.8) is 0 Å². The lowest BCUT2D eigenvalue weighted by atomic mass is 10.1. The number of hydrogen-bond donors (Lipinski definition) is 0. The van der Waals surface area contributed by atoms with Crippen LogP contribution in [0.5, 0.6) is 0 Å². The fourth-order valence-electron chi connectivity index (χ4n) is 3.72. The van der Waals surface area contributed by atoms with Crippen LogP contribution in [0.1, 0.15) is 0 Å². The van der Waals surface area contributed by atoms with E-state index in [4.69, 9.17) is 4.98 Å². The van der Waals surface area contributed by atoms with Gasteiger partial charge in [-0.1, -0.05) is 59.8 Å². The van der Waals surface area contributed by atoms with Gasteiger partial charge in [-0.05, 0) is 18.2 Å². The summed E-state index contributed by atoms with van der Waals surface area (Å²) in [7, 11) is 0. The van der Waals surface area contributed by atoms with E-state index in [9.17, 15) is 0 Å². The summed E-state index contributed by atoms with van der Waals surface area (Å²) in [5, 5.41) is 10.1. The first-order valence-electron chi connectivity index (χ1n) is 8.50. The van der Waals surface area contributed by atoms with Crippen molar-refractivity contribution in [2.45, 2.75) is 0 Å². The SMILES string of the molecule is c1ccc(-c2nnn3c4ccccc4c4nc5ccccn5c4c23)cc1. The average molecular weight is 335 g/mol. The highest BCUT2D eigenvalue weighted by molar-refractivity contribution is 6.13. The van der Waals surface area contributed by atoms with E-state index < -0.39 is 0 Å². The Morgan fingerprint density at radius 3 is 2.46 bits per heavy atom. The number of pyridine rings is 2. The van der Waals surface area contributed by atoms with Gasteiger partial charge in [-0.15, -0.1) is 5.10 Å². The summed E-state index contributed by atoms with van der Waals surface area (Å²) >= 11 is 0. The largest absolute Gasteiger partial charge is 0.298 e. The van der Waals surface area contributed by atoms with Gasteiger partial charge in [-0.3, -0.25) is 4.40 Å². The molecule has 2 aromatic carbocycles. The Labute approximate surface area is 148 Å². The second-order valence-corrected chi connectivity index (χ2v) is 6.32. The van der Waals surface area contributed by atoms with Gasteiger partial charge in [0.05, 0.1) is 5.52 Å². The maximum atomic E-state index is 4.90. The molecule has 0 fully saturated rings. The first kappa shape index (κ1) is 13.5. The Morgan fingerprint density at radius 2 is 1.54 bits per heavy atom. The van der Waals surface area contributed by atoms with Crippen LogP contribution < -0.4 is 0 Å². The minimum absolute atomic E-state index is 0.868. The third-order valence-electron chi connectivity index (χ3n) is 4.86. The van der Waals surface area contributed by atoms with Crippen molar-refractivity contribution in [3.05, 3.63) is 79.0 Å². The van der Waals surface area contributed by atoms with E-state index in [1.165, 1.54) is 0 Å². The fraction of sp³-hybridized carbons (Fsp3) is 0. The van der Waals surface area contributed by atoms with E-state index in [0.717, 1.165) is 44.4 Å². The molecule has 5 heteroatoms. The molecule has 0 unspecified atom stereocenters. The standard InChI is InChI=1S/C21H13N5/c1-2-8-14(9-3-1)18-21-20-19(22-17-12-6-7-13-25(17)20)15-10-4-5-11-16(15)26(21)24-23-18/h1-13H. The highest BCUT2D eigenvalue weighted by atomic mass is 15.4. The molecule has 0 aliphatic carbocycles. The number of benzene rings is 2. The van der Waals surface area contributed by atoms with Crippen molar-refractivity contribution in [1.82, 2.24) is 24.2 Å². The molecular weight excluding hydrogens is 322 g/mol. The molecule has 6 rings (SSSR count). The van der Waals surface area contributed by atoms with Crippen molar-refractivity contribution in [2.75, 3.05) is 0 Å². The zero-order chi connectivity index (χ0) is 17.1. The summed E-state index contributed by atoms with van der Waals surface area (Å²) in [6, 6.07) is 24.4. The number of para-hydroxylation sites is 1. The highest BCUT2D eigenvalue weighted by Crippen LogP contribution is 2.34. The Morgan fingerprint density at radius 1 is 0.731 bits per heavy atom. The van der Waals surface area contributed by atoms with E-state index in [1.54, 1.807) is 0 Å². The Kier molecular flexibility index (Phi) is 2.55. The molecule has 0 atom stereocenters. The minimum Gasteiger partial charge on any atom is -0.298 e. The van der Waals surface area contributed by atoms with Crippen LogP contribution in [0.3, 0.4) is 0 Å².